The van der Waals surface area contributed by atoms with Crippen LogP contribution in [0.3, 0.4) is 0 Å². The third kappa shape index (κ3) is 7.84. The zero-order valence-electron chi connectivity index (χ0n) is 22.6. The largest absolute Gasteiger partial charge is 0.375 e. The molecular weight excluding hydrogens is 528 g/mol. The molecule has 0 bridgehead atoms. The van der Waals surface area contributed by atoms with E-state index in [1.54, 1.807) is 24.3 Å². The molecule has 0 unspecified atom stereocenters. The number of carbonyl (C=O) groups excluding carboxylic acids is 2. The second-order valence-electron chi connectivity index (χ2n) is 8.59. The van der Waals surface area contributed by atoms with Gasteiger partial charge in [0.25, 0.3) is 0 Å². The van der Waals surface area contributed by atoms with Gasteiger partial charge in [0, 0.05) is 6.61 Å². The Hall–Kier alpha value is -3.35. The predicted molar refractivity (Wildman–Crippen MR) is 158 cm³/mol. The van der Waals surface area contributed by atoms with Crippen LogP contribution in [0.1, 0.15) is 34.6 Å². The molecule has 2 aromatic rings. The number of hydrogen-bond donors (Lipinski definition) is 0. The SMILES string of the molecule is [CH2]COC[C](OOC(=O)c1ccc([Si](C=C)(C=C)CC)cc1)OOC(=O)c1ccc([Si](C=C)(C=C)CC)cc1. The summed E-state index contributed by atoms with van der Waals surface area (Å²) in [6, 6.07) is 15.8. The molecule has 0 spiro atoms. The molecule has 0 fully saturated rings. The molecule has 0 aromatic heterocycles. The highest BCUT2D eigenvalue weighted by Crippen LogP contribution is 2.16. The van der Waals surface area contributed by atoms with Crippen LogP contribution >= 0.6 is 0 Å². The van der Waals surface area contributed by atoms with Gasteiger partial charge in [-0.25, -0.2) is 9.59 Å². The van der Waals surface area contributed by atoms with E-state index in [1.165, 1.54) is 0 Å². The first-order chi connectivity index (χ1) is 18.8. The summed E-state index contributed by atoms with van der Waals surface area (Å²) in [6.07, 6.45) is -0.389. The lowest BCUT2D eigenvalue weighted by Gasteiger charge is -2.23. The molecule has 0 aliphatic heterocycles. The first kappa shape index (κ1) is 31.9. The van der Waals surface area contributed by atoms with Gasteiger partial charge in [-0.05, 0) is 43.3 Å². The highest BCUT2D eigenvalue weighted by atomic mass is 28.3. The van der Waals surface area contributed by atoms with E-state index in [0.717, 1.165) is 22.5 Å². The Kier molecular flexibility index (Phi) is 12.5. The molecule has 39 heavy (non-hydrogen) atoms. The van der Waals surface area contributed by atoms with Gasteiger partial charge in [0.15, 0.2) is 0 Å². The molecule has 2 rings (SSSR count). The van der Waals surface area contributed by atoms with Crippen molar-refractivity contribution in [1.82, 2.24) is 0 Å². The second kappa shape index (κ2) is 15.3. The monoisotopic (exact) mass is 564 g/mol. The van der Waals surface area contributed by atoms with Gasteiger partial charge < -0.3 is 4.74 Å². The molecule has 206 valence electrons. The van der Waals surface area contributed by atoms with E-state index >= 15 is 0 Å². The number of carbonyl (C=O) groups is 2. The van der Waals surface area contributed by atoms with E-state index < -0.39 is 28.1 Å². The Morgan fingerprint density at radius 2 is 1.03 bits per heavy atom. The van der Waals surface area contributed by atoms with Gasteiger partial charge in [-0.1, -0.05) is 71.3 Å². The normalized spacial score (nSPS) is 11.5. The minimum Gasteiger partial charge on any atom is -0.375 e. The van der Waals surface area contributed by atoms with Crippen LogP contribution in [0.2, 0.25) is 12.1 Å². The molecule has 0 saturated carbocycles. The maximum Gasteiger partial charge on any atom is 0.373 e. The molecule has 0 amide bonds. The Bertz CT molecular complexity index is 1040. The molecule has 7 nitrogen and oxygen atoms in total. The number of hydrogen-bond acceptors (Lipinski definition) is 7. The summed E-state index contributed by atoms with van der Waals surface area (Å²) in [6.45, 7) is 23.4. The lowest BCUT2D eigenvalue weighted by molar-refractivity contribution is -0.368. The molecule has 0 N–H and O–H groups in total. The fraction of sp³-hybridized carbons (Fsp3) is 0.200. The Morgan fingerprint density at radius 3 is 1.31 bits per heavy atom. The lowest BCUT2D eigenvalue weighted by Crippen LogP contribution is -2.43. The van der Waals surface area contributed by atoms with Crippen LogP contribution < -0.4 is 10.4 Å². The molecule has 0 aliphatic carbocycles. The van der Waals surface area contributed by atoms with Gasteiger partial charge in [-0.3, -0.25) is 9.78 Å². The first-order valence-electron chi connectivity index (χ1n) is 12.5. The minimum absolute atomic E-state index is 0.0758. The lowest BCUT2D eigenvalue weighted by atomic mass is 10.2. The summed E-state index contributed by atoms with van der Waals surface area (Å²) < 4.78 is 5.14. The third-order valence-electron chi connectivity index (χ3n) is 6.73. The van der Waals surface area contributed by atoms with Crippen molar-refractivity contribution in [1.29, 1.82) is 0 Å². The summed E-state index contributed by atoms with van der Waals surface area (Å²) in [5.41, 5.74) is 8.33. The maximum absolute atomic E-state index is 12.5. The van der Waals surface area contributed by atoms with Crippen molar-refractivity contribution in [2.24, 2.45) is 0 Å². The van der Waals surface area contributed by atoms with Crippen LogP contribution in [-0.4, -0.2) is 41.3 Å². The van der Waals surface area contributed by atoms with Gasteiger partial charge in [-0.15, -0.1) is 36.1 Å². The molecule has 0 saturated heterocycles. The minimum atomic E-state index is -2.03. The van der Waals surface area contributed by atoms with Crippen LogP contribution in [-0.2, 0) is 24.3 Å². The quantitative estimate of drug-likeness (QED) is 0.149. The van der Waals surface area contributed by atoms with Gasteiger partial charge in [0.05, 0.1) is 11.1 Å². The summed E-state index contributed by atoms with van der Waals surface area (Å²) in [5, 5.41) is 2.15. The summed E-state index contributed by atoms with van der Waals surface area (Å²) >= 11 is 0. The van der Waals surface area contributed by atoms with Crippen molar-refractivity contribution >= 4 is 38.5 Å². The molecule has 0 atom stereocenters. The van der Waals surface area contributed by atoms with Crippen molar-refractivity contribution in [3.63, 3.8) is 0 Å². The first-order valence-corrected chi connectivity index (χ1v) is 17.3. The van der Waals surface area contributed by atoms with E-state index in [2.05, 4.69) is 47.1 Å². The molecule has 2 radical (unpaired) electrons. The molecule has 0 aliphatic rings. The zero-order valence-corrected chi connectivity index (χ0v) is 24.6. The number of ether oxygens (including phenoxy) is 1. The van der Waals surface area contributed by atoms with Crippen molar-refractivity contribution in [2.75, 3.05) is 13.2 Å². The smallest absolute Gasteiger partial charge is 0.373 e. The van der Waals surface area contributed by atoms with Crippen molar-refractivity contribution in [2.45, 2.75) is 25.9 Å². The fourth-order valence-electron chi connectivity index (χ4n) is 3.94. The molecular formula is C30H36O7Si2. The van der Waals surface area contributed by atoms with Gasteiger partial charge in [-0.2, -0.15) is 0 Å². The highest BCUT2D eigenvalue weighted by Gasteiger charge is 2.28. The second-order valence-corrected chi connectivity index (χ2v) is 17.0. The number of benzene rings is 2. The average Bonchev–Trinajstić information content (AvgIpc) is 2.99. The van der Waals surface area contributed by atoms with Crippen LogP contribution in [0.5, 0.6) is 0 Å². The van der Waals surface area contributed by atoms with E-state index in [9.17, 15) is 9.59 Å². The summed E-state index contributed by atoms with van der Waals surface area (Å²) in [4.78, 5) is 44.8. The molecule has 0 heterocycles. The standard InChI is InChI=1S/C30H36O7Si2/c1-8-33-23-28(34-36-29(31)24-15-19-26(20-16-24)38(9-2,10-3)11-4)35-37-30(32)25-17-21-27(22-18-25)39(12-5,13-6)14-7/h9-10,12-13,15-22H,1-3,5-6,8,11,14,23H2,4,7H3. The Morgan fingerprint density at radius 1 is 0.667 bits per heavy atom. The molecule has 9 heteroatoms. The zero-order chi connectivity index (χ0) is 28.9. The Balaban J connectivity index is 2.01. The van der Waals surface area contributed by atoms with E-state index in [1.807, 2.05) is 47.1 Å². The fourth-order valence-corrected chi connectivity index (χ4v) is 8.76. The third-order valence-corrected chi connectivity index (χ3v) is 14.8. The summed E-state index contributed by atoms with van der Waals surface area (Å²) in [7, 11) is -4.06. The maximum atomic E-state index is 12.5. The van der Waals surface area contributed by atoms with Crippen LogP contribution in [0.4, 0.5) is 0 Å². The van der Waals surface area contributed by atoms with Crippen molar-refractivity contribution < 1.29 is 33.9 Å². The summed E-state index contributed by atoms with van der Waals surface area (Å²) in [5.74, 6) is -1.54. The van der Waals surface area contributed by atoms with Crippen LogP contribution in [0, 0.1) is 13.2 Å². The van der Waals surface area contributed by atoms with Crippen molar-refractivity contribution in [3.8, 4) is 0 Å². The van der Waals surface area contributed by atoms with Crippen LogP contribution in [0.15, 0.2) is 97.6 Å². The van der Waals surface area contributed by atoms with Crippen LogP contribution in [0.25, 0.3) is 0 Å². The van der Waals surface area contributed by atoms with Gasteiger partial charge >= 0.3 is 18.2 Å². The Labute approximate surface area is 233 Å². The van der Waals surface area contributed by atoms with Gasteiger partial charge in [0.2, 0.25) is 0 Å². The average molecular weight is 565 g/mol. The highest BCUT2D eigenvalue weighted by molar-refractivity contribution is 7.00. The van der Waals surface area contributed by atoms with E-state index in [4.69, 9.17) is 24.3 Å². The topological polar surface area (TPSA) is 80.3 Å². The van der Waals surface area contributed by atoms with E-state index in [0.29, 0.717) is 0 Å². The predicted octanol–water partition coefficient (Wildman–Crippen LogP) is 5.16. The number of rotatable bonds is 17. The molecule has 2 aromatic carbocycles. The van der Waals surface area contributed by atoms with Crippen molar-refractivity contribution in [3.05, 3.63) is 122 Å². The van der Waals surface area contributed by atoms with E-state index in [-0.39, 0.29) is 30.6 Å². The van der Waals surface area contributed by atoms with Gasteiger partial charge in [0.1, 0.15) is 22.8 Å².